The first kappa shape index (κ1) is 105. The molecule has 138 heavy (non-hydrogen) atoms. The second kappa shape index (κ2) is 42.7. The lowest BCUT2D eigenvalue weighted by Gasteiger charge is -2.48. The average Bonchev–Trinajstić information content (AvgIpc) is 0.760. The third-order valence-electron chi connectivity index (χ3n) is 24.2. The first-order chi connectivity index (χ1) is 64.9. The lowest BCUT2D eigenvalue weighted by atomic mass is 9.84. The van der Waals surface area contributed by atoms with E-state index in [9.17, 15) is 89.0 Å². The minimum Gasteiger partial charge on any atom is -0.508 e. The minimum atomic E-state index is -5.94. The topological polar surface area (TPSA) is 694 Å². The number of carbonyl (C=O) groups excluding carboxylic acids is 9. The average molecular weight is 2020 g/mol. The summed E-state index contributed by atoms with van der Waals surface area (Å²) < 4.78 is 82.8. The molecule has 744 valence electrons. The van der Waals surface area contributed by atoms with Crippen LogP contribution in [0.2, 0.25) is 15.1 Å². The predicted octanol–water partition coefficient (Wildman–Crippen LogP) is 2.71. The van der Waals surface area contributed by atoms with Gasteiger partial charge in [0.2, 0.25) is 58.9 Å². The molecule has 7 aromatic carbocycles. The molecule has 7 aromatic rings. The second-order valence-electron chi connectivity index (χ2n) is 35.1. The fourth-order valence-corrected chi connectivity index (χ4v) is 19.7. The third-order valence-corrected chi connectivity index (χ3v) is 28.4. The Bertz CT molecular complexity index is 5870. The molecule has 0 aromatic heterocycles. The highest BCUT2D eigenvalue weighted by atomic mass is 35.5. The molecule has 0 aliphatic carbocycles. The van der Waals surface area contributed by atoms with Crippen molar-refractivity contribution in [1.29, 1.82) is 0 Å². The maximum atomic E-state index is 16.7. The van der Waals surface area contributed by atoms with Gasteiger partial charge in [-0.1, -0.05) is 103 Å². The number of rotatable bonds is 24. The first-order valence-electron chi connectivity index (χ1n) is 43.1. The van der Waals surface area contributed by atoms with E-state index in [0.717, 1.165) is 77.4 Å². The summed E-state index contributed by atoms with van der Waals surface area (Å²) in [4.78, 5) is 176. The normalized spacial score (nSPS) is 28.3. The van der Waals surface area contributed by atoms with Crippen LogP contribution in [0.5, 0.6) is 46.0 Å². The van der Waals surface area contributed by atoms with Crippen LogP contribution in [0, 0.1) is 5.92 Å². The van der Waals surface area contributed by atoms with E-state index in [1.54, 1.807) is 32.9 Å². The van der Waals surface area contributed by atoms with Crippen molar-refractivity contribution in [3.63, 3.8) is 0 Å². The van der Waals surface area contributed by atoms with Gasteiger partial charge in [-0.05, 0) is 153 Å². The Labute approximate surface area is 801 Å². The Balaban J connectivity index is 1.02. The van der Waals surface area contributed by atoms with Gasteiger partial charge in [-0.15, -0.1) is 0 Å². The van der Waals surface area contributed by atoms with Crippen LogP contribution in [0.15, 0.2) is 127 Å². The molecular formula is C89H104Cl3N11O33P2. The number of nitrogens with one attached hydrogen (secondary N) is 9. The number of aliphatic hydroxyl groups is 6. The van der Waals surface area contributed by atoms with Crippen LogP contribution in [0.3, 0.4) is 0 Å². The van der Waals surface area contributed by atoms with Crippen molar-refractivity contribution in [2.45, 2.75) is 213 Å². The SMILES string of the molecule is CNC(CC(C)C)C(=O)NC1C(=O)NC(CC(N)=O)C(=O)NC2C(=O)NC3C(=O)NC(C(=O)N[C@@H](C(=O)OCC(=O)NC(P(=O)(O)O)P(=O)(O)O)c4cc(O)cc(O)c4-c4cc3ccc4O)[C@H](OC3CC(C)(N)C(O)C(C)O3)c3ccc(c(Cl)c3)Oc3cc2cc(c3OC2OC(CO)C(O)C(O)C2OC2CC(C)(NCc3ccc(-c4ccc(Cl)cc4)cc3)C(O)C(C)O2)Oc2ccc(cc2Cl)[C@@H]1O. The Morgan fingerprint density at radius 3 is 1.80 bits per heavy atom. The van der Waals surface area contributed by atoms with Crippen LogP contribution in [-0.4, -0.2) is 247 Å². The van der Waals surface area contributed by atoms with Crippen LogP contribution in [0.25, 0.3) is 22.3 Å². The molecule has 19 unspecified atom stereocenters. The molecule has 3 saturated heterocycles. The zero-order chi connectivity index (χ0) is 101. The first-order valence-corrected chi connectivity index (χ1v) is 47.6. The van der Waals surface area contributed by atoms with Crippen LogP contribution < -0.4 is 73.5 Å². The summed E-state index contributed by atoms with van der Waals surface area (Å²) in [5, 5.41) is 129. The number of hydrogen-bond donors (Lipinski definition) is 24. The van der Waals surface area contributed by atoms with E-state index >= 15 is 28.8 Å². The largest absolute Gasteiger partial charge is 0.508 e. The maximum Gasteiger partial charge on any atom is 0.360 e. The van der Waals surface area contributed by atoms with Crippen molar-refractivity contribution in [1.82, 2.24) is 47.9 Å². The Kier molecular flexibility index (Phi) is 32.3. The molecule has 8 heterocycles. The molecule has 15 rings (SSSR count). The summed E-state index contributed by atoms with van der Waals surface area (Å²) in [6.45, 7) is 7.01. The molecule has 8 amide bonds. The molecular weight excluding hydrogens is 1920 g/mol. The number of likely N-dealkylation sites (N-methyl/N-ethyl adjacent to an activating group) is 1. The van der Waals surface area contributed by atoms with E-state index in [1.165, 1.54) is 45.3 Å². The highest BCUT2D eigenvalue weighted by Crippen LogP contribution is 2.59. The van der Waals surface area contributed by atoms with E-state index in [1.807, 2.05) is 36.4 Å². The molecule has 26 N–H and O–H groups in total. The fraction of sp³-hybridized carbons (Fsp3) is 0.427. The molecule has 8 aliphatic heterocycles. The van der Waals surface area contributed by atoms with E-state index in [-0.39, 0.29) is 36.4 Å². The lowest BCUT2D eigenvalue weighted by Crippen LogP contribution is -2.65. The van der Waals surface area contributed by atoms with Crippen LogP contribution in [-0.2, 0) is 87.2 Å². The monoisotopic (exact) mass is 2020 g/mol. The molecule has 11 bridgehead atoms. The lowest BCUT2D eigenvalue weighted by molar-refractivity contribution is -0.334. The smallest absolute Gasteiger partial charge is 0.360 e. The Hall–Kier alpha value is -10.8. The number of primary amides is 1. The van der Waals surface area contributed by atoms with Crippen LogP contribution in [0.4, 0.5) is 0 Å². The van der Waals surface area contributed by atoms with Crippen molar-refractivity contribution in [2.24, 2.45) is 17.4 Å². The van der Waals surface area contributed by atoms with Gasteiger partial charge in [0.25, 0.3) is 5.91 Å². The molecule has 3 fully saturated rings. The summed E-state index contributed by atoms with van der Waals surface area (Å²) in [5.74, 6) is -19.5. The van der Waals surface area contributed by atoms with E-state index in [4.69, 9.17) is 88.9 Å². The predicted molar refractivity (Wildman–Crippen MR) is 485 cm³/mol. The number of nitrogens with two attached hydrogens (primary N) is 2. The van der Waals surface area contributed by atoms with Gasteiger partial charge in [0, 0.05) is 58.2 Å². The zero-order valence-corrected chi connectivity index (χ0v) is 78.5. The number of amides is 8. The number of esters is 1. The molecule has 8 aliphatic rings. The van der Waals surface area contributed by atoms with Gasteiger partial charge >= 0.3 is 21.2 Å². The van der Waals surface area contributed by atoms with Gasteiger partial charge < -0.3 is 167 Å². The van der Waals surface area contributed by atoms with E-state index < -0.39 is 317 Å². The zero-order valence-electron chi connectivity index (χ0n) is 74.4. The number of aromatic hydroxyl groups is 3. The number of halogens is 3. The van der Waals surface area contributed by atoms with Crippen molar-refractivity contribution in [3.8, 4) is 68.2 Å². The fourth-order valence-electron chi connectivity index (χ4n) is 16.9. The van der Waals surface area contributed by atoms with Gasteiger partial charge in [0.05, 0.1) is 53.5 Å². The summed E-state index contributed by atoms with van der Waals surface area (Å²) >= 11 is 20.9. The Morgan fingerprint density at radius 1 is 0.630 bits per heavy atom. The highest BCUT2D eigenvalue weighted by Gasteiger charge is 2.54. The van der Waals surface area contributed by atoms with Crippen molar-refractivity contribution in [2.75, 3.05) is 20.3 Å². The summed E-state index contributed by atoms with van der Waals surface area (Å²) in [6, 6.07) is 12.3. The summed E-state index contributed by atoms with van der Waals surface area (Å²) in [5.41, 5.74) is 5.16. The molecule has 22 atom stereocenters. The number of fused-ring (bicyclic) bond motifs is 15. The number of carbonyl (C=O) groups is 9. The van der Waals surface area contributed by atoms with Crippen molar-refractivity contribution >= 4 is 103 Å². The van der Waals surface area contributed by atoms with Crippen LogP contribution in [0.1, 0.15) is 131 Å². The van der Waals surface area contributed by atoms with E-state index in [2.05, 4.69) is 42.5 Å². The molecule has 0 radical (unpaired) electrons. The summed E-state index contributed by atoms with van der Waals surface area (Å²) in [6.07, 6.45) is -24.3. The van der Waals surface area contributed by atoms with Gasteiger partial charge in [-0.3, -0.25) is 47.5 Å². The number of aliphatic hydroxyl groups excluding tert-OH is 6. The van der Waals surface area contributed by atoms with Crippen molar-refractivity contribution < 1.29 is 160 Å². The number of hydrogen-bond acceptors (Lipinski definition) is 32. The minimum absolute atomic E-state index is 0.153. The highest BCUT2D eigenvalue weighted by molar-refractivity contribution is 7.70. The van der Waals surface area contributed by atoms with E-state index in [0.29, 0.717) is 11.1 Å². The number of phenols is 3. The van der Waals surface area contributed by atoms with Gasteiger partial charge in [0.15, 0.2) is 42.8 Å². The molecule has 0 saturated carbocycles. The quantitative estimate of drug-likeness (QED) is 0.0305. The van der Waals surface area contributed by atoms with Gasteiger partial charge in [-0.25, -0.2) is 4.79 Å². The second-order valence-corrected chi connectivity index (χ2v) is 40.2. The van der Waals surface area contributed by atoms with Gasteiger partial charge in [0.1, 0.15) is 89.5 Å². The molecule has 49 heteroatoms. The van der Waals surface area contributed by atoms with Gasteiger partial charge in [-0.2, -0.15) is 0 Å². The third kappa shape index (κ3) is 23.7. The van der Waals surface area contributed by atoms with Crippen LogP contribution >= 0.6 is 50.0 Å². The Morgan fingerprint density at radius 2 is 1.21 bits per heavy atom. The molecule has 44 nitrogen and oxygen atoms in total. The standard InChI is InChI=1S/C89H104Cl3N11O33P2/c1-36(2)22-52(95-7)79(115)102-69-71(110)43-15-20-56(50(91)24-43)131-58-26-45-27-59(75(58)136-86-76(73(112)72(111)60(34-104)133-86)135-64-32-89(6,78(114)38(4)130-64)96-33-39-8-10-40(11-9-39)41-12-17-46(90)18-13-41)132-57-21-16-44(25-51(57)92)74(134-63-31-88(5,94)77(113)37(3)129-63)70-84(120)101-68(85(121)128-35-62(109)98-87(137(122,123)124)138(125,126)127)49-28-47(105)29-55(107)65(49)48-23-42(14-19-54(48)106)66(81(117)103-70)100-82(118)67(45)99-80(116)53(30-61(93)108)97-83(69)119/h8-21,23-29,36-38,52-53,60,63-64,66-74,76-78,86-87,95-96,104-107,110-114H,22,30-35,94H2,1-7H3,(H2,93,108)(H,97,119)(H,98,109)(H,99,116)(H,100,118)(H,101,120)(H,102,115)(H,103,117)(H2,122,123,124)(H2,125,126,127)/t37?,38?,52?,53?,60?,63?,64?,66?,67?,68-,69?,70?,71+,72?,73?,74-,76?,77?,78?,86?,88?,89?/m1/s1. The van der Waals surface area contributed by atoms with Crippen molar-refractivity contribution in [3.05, 3.63) is 176 Å². The molecule has 0 spiro atoms. The maximum absolute atomic E-state index is 16.7. The number of ether oxygens (including phenoxy) is 9. The summed E-state index contributed by atoms with van der Waals surface area (Å²) in [7, 11) is -10.4. The number of phenolic OH excluding ortho intramolecular Hbond substituents is 3. The number of benzene rings is 7.